The maximum Gasteiger partial charge on any atom is 0.270 e. The number of amides is 2. The number of piperazine rings is 1. The van der Waals surface area contributed by atoms with Gasteiger partial charge in [-0.1, -0.05) is 6.42 Å². The molecule has 0 unspecified atom stereocenters. The smallest absolute Gasteiger partial charge is 0.270 e. The molecule has 1 saturated carbocycles. The first-order valence-electron chi connectivity index (χ1n) is 9.97. The normalized spacial score (nSPS) is 17.2. The van der Waals surface area contributed by atoms with Crippen molar-refractivity contribution in [1.82, 2.24) is 14.8 Å². The van der Waals surface area contributed by atoms with Gasteiger partial charge in [0.2, 0.25) is 5.91 Å². The van der Waals surface area contributed by atoms with Crippen LogP contribution in [0.3, 0.4) is 0 Å². The monoisotopic (exact) mass is 401 g/mol. The van der Waals surface area contributed by atoms with Crippen LogP contribution in [-0.4, -0.2) is 74.1 Å². The van der Waals surface area contributed by atoms with E-state index in [2.05, 4.69) is 4.98 Å². The minimum Gasteiger partial charge on any atom is -0.496 e. The largest absolute Gasteiger partial charge is 0.496 e. The fraction of sp³-hybridized carbons (Fsp3) is 0.524. The number of benzene rings is 1. The molecule has 0 spiro atoms. The van der Waals surface area contributed by atoms with Crippen LogP contribution in [0, 0.1) is 5.92 Å². The van der Waals surface area contributed by atoms with Crippen molar-refractivity contribution in [2.24, 2.45) is 5.92 Å². The summed E-state index contributed by atoms with van der Waals surface area (Å²) >= 11 is 0. The van der Waals surface area contributed by atoms with E-state index in [4.69, 9.17) is 14.2 Å². The number of hydrogen-bond acceptors (Lipinski definition) is 5. The van der Waals surface area contributed by atoms with Gasteiger partial charge in [-0.25, -0.2) is 0 Å². The Morgan fingerprint density at radius 1 is 0.931 bits per heavy atom. The summed E-state index contributed by atoms with van der Waals surface area (Å²) in [5.74, 6) is 2.00. The third kappa shape index (κ3) is 3.36. The predicted molar refractivity (Wildman–Crippen MR) is 108 cm³/mol. The molecule has 1 aliphatic heterocycles. The first kappa shape index (κ1) is 19.4. The molecule has 156 valence electrons. The lowest BCUT2D eigenvalue weighted by atomic mass is 9.84. The molecular weight excluding hydrogens is 374 g/mol. The van der Waals surface area contributed by atoms with Crippen LogP contribution in [0.1, 0.15) is 29.8 Å². The van der Waals surface area contributed by atoms with Crippen LogP contribution in [0.2, 0.25) is 0 Å². The minimum atomic E-state index is -0.0972. The van der Waals surface area contributed by atoms with Crippen LogP contribution in [0.15, 0.2) is 12.1 Å². The summed E-state index contributed by atoms with van der Waals surface area (Å²) in [4.78, 5) is 32.4. The second-order valence-corrected chi connectivity index (χ2v) is 7.53. The number of nitrogens with one attached hydrogen (secondary N) is 1. The van der Waals surface area contributed by atoms with Crippen molar-refractivity contribution in [2.75, 3.05) is 47.5 Å². The summed E-state index contributed by atoms with van der Waals surface area (Å²) in [6.07, 6.45) is 3.15. The number of hydrogen-bond donors (Lipinski definition) is 1. The summed E-state index contributed by atoms with van der Waals surface area (Å²) in [7, 11) is 4.69. The number of ether oxygens (including phenoxy) is 3. The Labute approximate surface area is 169 Å². The van der Waals surface area contributed by atoms with Crippen LogP contribution >= 0.6 is 0 Å². The Morgan fingerprint density at radius 3 is 2.14 bits per heavy atom. The van der Waals surface area contributed by atoms with E-state index in [1.54, 1.807) is 38.4 Å². The lowest BCUT2D eigenvalue weighted by Crippen LogP contribution is -2.52. The third-order valence-electron chi connectivity index (χ3n) is 6.00. The highest BCUT2D eigenvalue weighted by Crippen LogP contribution is 2.41. The van der Waals surface area contributed by atoms with E-state index in [0.717, 1.165) is 24.6 Å². The Kier molecular flexibility index (Phi) is 5.25. The molecule has 2 fully saturated rings. The number of fused-ring (bicyclic) bond motifs is 1. The van der Waals surface area contributed by atoms with Crippen molar-refractivity contribution in [2.45, 2.75) is 19.3 Å². The molecule has 29 heavy (non-hydrogen) atoms. The molecule has 8 nitrogen and oxygen atoms in total. The molecule has 8 heteroatoms. The first-order chi connectivity index (χ1) is 14.1. The number of aromatic nitrogens is 1. The summed E-state index contributed by atoms with van der Waals surface area (Å²) in [6.45, 7) is 2.23. The summed E-state index contributed by atoms with van der Waals surface area (Å²) < 4.78 is 16.3. The van der Waals surface area contributed by atoms with E-state index in [1.807, 2.05) is 4.90 Å². The van der Waals surface area contributed by atoms with Gasteiger partial charge in [-0.05, 0) is 18.9 Å². The SMILES string of the molecule is COc1cc(OC)c2cc(C(=O)N3CCN(C(=O)C4CCC4)CC3)[nH]c2c1OC. The molecule has 2 aromatic rings. The molecule has 0 radical (unpaired) electrons. The van der Waals surface area contributed by atoms with Gasteiger partial charge in [-0.3, -0.25) is 9.59 Å². The van der Waals surface area contributed by atoms with Crippen LogP contribution in [-0.2, 0) is 4.79 Å². The number of methoxy groups -OCH3 is 3. The fourth-order valence-electron chi connectivity index (χ4n) is 4.07. The topological polar surface area (TPSA) is 84.1 Å². The molecular formula is C21H27N3O5. The number of nitrogens with zero attached hydrogens (tertiary/aromatic N) is 2. The number of rotatable bonds is 5. The molecule has 1 aliphatic carbocycles. The highest BCUT2D eigenvalue weighted by Gasteiger charge is 2.32. The van der Waals surface area contributed by atoms with Crippen molar-refractivity contribution in [3.05, 3.63) is 17.8 Å². The van der Waals surface area contributed by atoms with Gasteiger partial charge < -0.3 is 29.0 Å². The number of H-pyrrole nitrogens is 1. The third-order valence-corrected chi connectivity index (χ3v) is 6.00. The number of aromatic amines is 1. The van der Waals surface area contributed by atoms with Gasteiger partial charge >= 0.3 is 0 Å². The zero-order valence-corrected chi connectivity index (χ0v) is 17.1. The second kappa shape index (κ2) is 7.85. The van der Waals surface area contributed by atoms with Crippen LogP contribution in [0.4, 0.5) is 0 Å². The first-order valence-corrected chi connectivity index (χ1v) is 9.97. The van der Waals surface area contributed by atoms with E-state index in [1.165, 1.54) is 0 Å². The van der Waals surface area contributed by atoms with E-state index in [-0.39, 0.29) is 17.7 Å². The highest BCUT2D eigenvalue weighted by molar-refractivity contribution is 6.02. The van der Waals surface area contributed by atoms with Crippen molar-refractivity contribution < 1.29 is 23.8 Å². The number of carbonyl (C=O) groups is 2. The van der Waals surface area contributed by atoms with Crippen LogP contribution < -0.4 is 14.2 Å². The minimum absolute atomic E-state index is 0.0972. The van der Waals surface area contributed by atoms with E-state index < -0.39 is 0 Å². The molecule has 1 N–H and O–H groups in total. The maximum absolute atomic E-state index is 13.1. The van der Waals surface area contributed by atoms with Gasteiger partial charge in [0.1, 0.15) is 11.4 Å². The van der Waals surface area contributed by atoms with Crippen molar-refractivity contribution in [3.63, 3.8) is 0 Å². The standard InChI is InChI=1S/C21H27N3O5/c1-27-16-12-17(28-2)19(29-3)18-14(16)11-15(22-18)21(26)24-9-7-23(8-10-24)20(25)13-5-4-6-13/h11-13,22H,4-10H2,1-3H3. The number of carbonyl (C=O) groups excluding carboxylic acids is 2. The Hall–Kier alpha value is -2.90. The van der Waals surface area contributed by atoms with Crippen molar-refractivity contribution in [1.29, 1.82) is 0 Å². The van der Waals surface area contributed by atoms with Gasteiger partial charge in [-0.2, -0.15) is 0 Å². The highest BCUT2D eigenvalue weighted by atomic mass is 16.5. The van der Waals surface area contributed by atoms with Crippen LogP contribution in [0.25, 0.3) is 10.9 Å². The summed E-state index contributed by atoms with van der Waals surface area (Å²) in [5, 5.41) is 0.757. The van der Waals surface area contributed by atoms with Gasteiger partial charge in [0, 0.05) is 43.5 Å². The molecule has 1 aromatic carbocycles. The van der Waals surface area contributed by atoms with Crippen LogP contribution in [0.5, 0.6) is 17.2 Å². The molecule has 0 atom stereocenters. The quantitative estimate of drug-likeness (QED) is 0.831. The van der Waals surface area contributed by atoms with Gasteiger partial charge in [0.05, 0.1) is 26.8 Å². The Bertz CT molecular complexity index is 926. The summed E-state index contributed by atoms with van der Waals surface area (Å²) in [6, 6.07) is 3.53. The van der Waals surface area contributed by atoms with Gasteiger partial charge in [-0.15, -0.1) is 0 Å². The average Bonchev–Trinajstić information content (AvgIpc) is 3.16. The van der Waals surface area contributed by atoms with E-state index >= 15 is 0 Å². The average molecular weight is 401 g/mol. The predicted octanol–water partition coefficient (Wildman–Crippen LogP) is 2.28. The van der Waals surface area contributed by atoms with Gasteiger partial charge in [0.25, 0.3) is 5.91 Å². The maximum atomic E-state index is 13.1. The Balaban J connectivity index is 1.54. The molecule has 4 rings (SSSR count). The molecule has 2 amide bonds. The lowest BCUT2D eigenvalue weighted by Gasteiger charge is -2.38. The molecule has 1 saturated heterocycles. The lowest BCUT2D eigenvalue weighted by molar-refractivity contribution is -0.139. The molecule has 0 bridgehead atoms. The van der Waals surface area contributed by atoms with Gasteiger partial charge in [0.15, 0.2) is 11.5 Å². The molecule has 2 aliphatic rings. The van der Waals surface area contributed by atoms with Crippen molar-refractivity contribution >= 4 is 22.7 Å². The summed E-state index contributed by atoms with van der Waals surface area (Å²) in [5.41, 5.74) is 1.12. The van der Waals surface area contributed by atoms with Crippen molar-refractivity contribution in [3.8, 4) is 17.2 Å². The zero-order chi connectivity index (χ0) is 20.5. The molecule has 1 aromatic heterocycles. The molecule has 2 heterocycles. The second-order valence-electron chi connectivity index (χ2n) is 7.53. The zero-order valence-electron chi connectivity index (χ0n) is 17.1. The van der Waals surface area contributed by atoms with E-state index in [9.17, 15) is 9.59 Å². The Morgan fingerprint density at radius 2 is 1.59 bits per heavy atom. The fourth-order valence-corrected chi connectivity index (χ4v) is 4.07. The van der Waals surface area contributed by atoms with E-state index in [0.29, 0.717) is 54.6 Å².